The number of amides is 1. The third-order valence-electron chi connectivity index (χ3n) is 6.23. The van der Waals surface area contributed by atoms with E-state index in [1.807, 2.05) is 59.2 Å². The van der Waals surface area contributed by atoms with Crippen LogP contribution in [-0.4, -0.2) is 36.3 Å². The first-order valence-electron chi connectivity index (χ1n) is 11.8. The van der Waals surface area contributed by atoms with Crippen LogP contribution < -0.4 is 16.1 Å². The number of aromatic nitrogens is 1. The quantitative estimate of drug-likeness (QED) is 0.309. The number of hydrogen-bond donors (Lipinski definition) is 2. The first kappa shape index (κ1) is 25.0. The minimum absolute atomic E-state index is 0.0555. The van der Waals surface area contributed by atoms with Gasteiger partial charge in [0.05, 0.1) is 18.2 Å². The van der Waals surface area contributed by atoms with Gasteiger partial charge in [0.15, 0.2) is 0 Å². The van der Waals surface area contributed by atoms with E-state index >= 15 is 0 Å². The van der Waals surface area contributed by atoms with Gasteiger partial charge in [0.25, 0.3) is 5.91 Å². The first-order valence-corrected chi connectivity index (χ1v) is 13.2. The summed E-state index contributed by atoms with van der Waals surface area (Å²) in [6, 6.07) is 21.1. The van der Waals surface area contributed by atoms with E-state index < -0.39 is 5.91 Å². The molecule has 0 radical (unpaired) electrons. The lowest BCUT2D eigenvalue weighted by atomic mass is 10.0. The van der Waals surface area contributed by atoms with Gasteiger partial charge in [-0.2, -0.15) is 0 Å². The third-order valence-corrected chi connectivity index (χ3v) is 7.16. The first-order chi connectivity index (χ1) is 17.5. The maximum absolute atomic E-state index is 13.6. The van der Waals surface area contributed by atoms with Crippen LogP contribution in [0.15, 0.2) is 77.7 Å². The zero-order chi connectivity index (χ0) is 25.1. The Morgan fingerprint density at radius 2 is 1.92 bits per heavy atom. The fraction of sp³-hybridized carbons (Fsp3) is 0.214. The highest BCUT2D eigenvalue weighted by molar-refractivity contribution is 14.1. The number of morpholine rings is 1. The predicted molar refractivity (Wildman–Crippen MR) is 151 cm³/mol. The van der Waals surface area contributed by atoms with Crippen molar-refractivity contribution in [3.05, 3.63) is 108 Å². The SMILES string of the molecule is O=C(NCc1ccc(Cl)cc1)c1cn(-c2cccc(I)c2)c2ccc(CC3CNCCO3)cc2c1=O. The summed E-state index contributed by atoms with van der Waals surface area (Å²) in [6.45, 7) is 2.60. The summed E-state index contributed by atoms with van der Waals surface area (Å²) in [7, 11) is 0. The Kier molecular flexibility index (Phi) is 7.71. The molecular weight excluding hydrogens is 589 g/mol. The molecule has 0 spiro atoms. The van der Waals surface area contributed by atoms with Gasteiger partial charge in [-0.25, -0.2) is 0 Å². The number of pyridine rings is 1. The van der Waals surface area contributed by atoms with Crippen LogP contribution in [0, 0.1) is 3.57 Å². The topological polar surface area (TPSA) is 72.4 Å². The fourth-order valence-electron chi connectivity index (χ4n) is 4.40. The second-order valence-electron chi connectivity index (χ2n) is 8.78. The Bertz CT molecular complexity index is 1460. The van der Waals surface area contributed by atoms with Crippen LogP contribution in [0.3, 0.4) is 0 Å². The summed E-state index contributed by atoms with van der Waals surface area (Å²) >= 11 is 8.22. The smallest absolute Gasteiger partial charge is 0.257 e. The van der Waals surface area contributed by atoms with Crippen molar-refractivity contribution < 1.29 is 9.53 Å². The van der Waals surface area contributed by atoms with Gasteiger partial charge in [-0.3, -0.25) is 9.59 Å². The second kappa shape index (κ2) is 11.1. The van der Waals surface area contributed by atoms with Crippen LogP contribution >= 0.6 is 34.2 Å². The van der Waals surface area contributed by atoms with Crippen LogP contribution in [0.1, 0.15) is 21.5 Å². The van der Waals surface area contributed by atoms with Crippen LogP contribution in [0.2, 0.25) is 5.02 Å². The van der Waals surface area contributed by atoms with Crippen LogP contribution in [0.5, 0.6) is 0 Å². The molecule has 1 aliphatic rings. The van der Waals surface area contributed by atoms with Gasteiger partial charge in [0, 0.05) is 45.5 Å². The van der Waals surface area contributed by atoms with Gasteiger partial charge in [0.1, 0.15) is 5.56 Å². The van der Waals surface area contributed by atoms with Crippen molar-refractivity contribution in [3.8, 4) is 5.69 Å². The molecule has 5 rings (SSSR count). The summed E-state index contributed by atoms with van der Waals surface area (Å²) in [6.07, 6.45) is 2.39. The Hall–Kier alpha value is -2.72. The van der Waals surface area contributed by atoms with E-state index in [1.54, 1.807) is 18.3 Å². The summed E-state index contributed by atoms with van der Waals surface area (Å²) < 4.78 is 8.83. The average molecular weight is 614 g/mol. The molecule has 1 fully saturated rings. The normalized spacial score (nSPS) is 15.7. The molecule has 0 saturated carbocycles. The fourth-order valence-corrected chi connectivity index (χ4v) is 5.05. The molecule has 36 heavy (non-hydrogen) atoms. The number of rotatable bonds is 6. The van der Waals surface area contributed by atoms with Gasteiger partial charge in [0.2, 0.25) is 5.43 Å². The molecule has 3 aromatic carbocycles. The molecule has 6 nitrogen and oxygen atoms in total. The zero-order valence-electron chi connectivity index (χ0n) is 19.5. The lowest BCUT2D eigenvalue weighted by Gasteiger charge is -2.24. The van der Waals surface area contributed by atoms with Gasteiger partial charge in [-0.1, -0.05) is 35.9 Å². The molecule has 1 aliphatic heterocycles. The largest absolute Gasteiger partial charge is 0.375 e. The molecular formula is C28H25ClIN3O3. The van der Waals surface area contributed by atoms with Crippen molar-refractivity contribution in [1.82, 2.24) is 15.2 Å². The van der Waals surface area contributed by atoms with Crippen LogP contribution in [0.4, 0.5) is 0 Å². The maximum atomic E-state index is 13.6. The van der Waals surface area contributed by atoms with E-state index in [1.165, 1.54) is 0 Å². The van der Waals surface area contributed by atoms with Crippen molar-refractivity contribution in [2.45, 2.75) is 19.1 Å². The minimum Gasteiger partial charge on any atom is -0.375 e. The Balaban J connectivity index is 1.54. The molecule has 4 aromatic rings. The molecule has 2 heterocycles. The average Bonchev–Trinajstić information content (AvgIpc) is 2.89. The number of fused-ring (bicyclic) bond motifs is 1. The molecule has 1 atom stereocenters. The molecule has 1 amide bonds. The summed E-state index contributed by atoms with van der Waals surface area (Å²) in [5.74, 6) is -0.415. The zero-order valence-corrected chi connectivity index (χ0v) is 22.4. The molecule has 0 bridgehead atoms. The molecule has 2 N–H and O–H groups in total. The van der Waals surface area contributed by atoms with E-state index in [4.69, 9.17) is 16.3 Å². The molecule has 1 saturated heterocycles. The van der Waals surface area contributed by atoms with E-state index in [-0.39, 0.29) is 17.1 Å². The number of carbonyl (C=O) groups is 1. The van der Waals surface area contributed by atoms with Gasteiger partial charge < -0.3 is 19.9 Å². The lowest BCUT2D eigenvalue weighted by molar-refractivity contribution is 0.0292. The molecule has 8 heteroatoms. The summed E-state index contributed by atoms with van der Waals surface area (Å²) in [5.41, 5.74) is 3.35. The minimum atomic E-state index is -0.415. The third kappa shape index (κ3) is 5.64. The van der Waals surface area contributed by atoms with Crippen molar-refractivity contribution in [3.63, 3.8) is 0 Å². The number of ether oxygens (including phenoxy) is 1. The number of carbonyl (C=O) groups excluding carboxylic acids is 1. The van der Waals surface area contributed by atoms with Crippen molar-refractivity contribution in [1.29, 1.82) is 0 Å². The van der Waals surface area contributed by atoms with E-state index in [0.717, 1.165) is 39.0 Å². The number of nitrogens with zero attached hydrogens (tertiary/aromatic N) is 1. The molecule has 184 valence electrons. The summed E-state index contributed by atoms with van der Waals surface area (Å²) in [4.78, 5) is 26.8. The number of nitrogens with one attached hydrogen (secondary N) is 2. The highest BCUT2D eigenvalue weighted by Crippen LogP contribution is 2.22. The Morgan fingerprint density at radius 3 is 2.67 bits per heavy atom. The standard InChI is InChI=1S/C28H25ClIN3O3/c29-20-7-4-18(5-8-20)15-32-28(35)25-17-33(22-3-1-2-21(30)14-22)26-9-6-19(13-24(26)27(25)34)12-23-16-31-10-11-36-23/h1-9,13-14,17,23,31H,10-12,15-16H2,(H,32,35). The Morgan fingerprint density at radius 1 is 1.11 bits per heavy atom. The van der Waals surface area contributed by atoms with Gasteiger partial charge in [-0.05, 0) is 82.6 Å². The van der Waals surface area contributed by atoms with Gasteiger partial charge >= 0.3 is 0 Å². The lowest BCUT2D eigenvalue weighted by Crippen LogP contribution is -2.39. The van der Waals surface area contributed by atoms with Gasteiger partial charge in [-0.15, -0.1) is 0 Å². The predicted octanol–water partition coefficient (Wildman–Crippen LogP) is 4.71. The monoisotopic (exact) mass is 613 g/mol. The number of benzene rings is 3. The summed E-state index contributed by atoms with van der Waals surface area (Å²) in [5, 5.41) is 7.37. The van der Waals surface area contributed by atoms with Crippen molar-refractivity contribution >= 4 is 51.0 Å². The second-order valence-corrected chi connectivity index (χ2v) is 10.5. The highest BCUT2D eigenvalue weighted by Gasteiger charge is 2.19. The van der Waals surface area contributed by atoms with Crippen molar-refractivity contribution in [2.75, 3.05) is 19.7 Å². The Labute approximate surface area is 227 Å². The van der Waals surface area contributed by atoms with E-state index in [0.29, 0.717) is 30.0 Å². The molecule has 1 unspecified atom stereocenters. The number of halogens is 2. The van der Waals surface area contributed by atoms with E-state index in [2.05, 4.69) is 33.2 Å². The molecule has 1 aromatic heterocycles. The van der Waals surface area contributed by atoms with E-state index in [9.17, 15) is 9.59 Å². The number of hydrogen-bond acceptors (Lipinski definition) is 4. The molecule has 0 aliphatic carbocycles. The maximum Gasteiger partial charge on any atom is 0.257 e. The van der Waals surface area contributed by atoms with Crippen LogP contribution in [-0.2, 0) is 17.7 Å². The van der Waals surface area contributed by atoms with Crippen molar-refractivity contribution in [2.24, 2.45) is 0 Å². The van der Waals surface area contributed by atoms with Crippen LogP contribution in [0.25, 0.3) is 16.6 Å². The highest BCUT2D eigenvalue weighted by atomic mass is 127.